The summed E-state index contributed by atoms with van der Waals surface area (Å²) in [6.45, 7) is 7.53. The van der Waals surface area contributed by atoms with Crippen molar-refractivity contribution in [3.63, 3.8) is 0 Å². The molecule has 26 heavy (non-hydrogen) atoms. The fourth-order valence-electron chi connectivity index (χ4n) is 4.40. The van der Waals surface area contributed by atoms with Gasteiger partial charge >= 0.3 is 0 Å². The molecule has 6 heteroatoms. The zero-order valence-electron chi connectivity index (χ0n) is 16.0. The summed E-state index contributed by atoms with van der Waals surface area (Å²) in [6.07, 6.45) is 0.794. The van der Waals surface area contributed by atoms with Gasteiger partial charge in [-0.25, -0.2) is 4.39 Å². The van der Waals surface area contributed by atoms with Crippen molar-refractivity contribution in [2.24, 2.45) is 5.41 Å². The van der Waals surface area contributed by atoms with Gasteiger partial charge in [-0.3, -0.25) is 14.5 Å². The lowest BCUT2D eigenvalue weighted by Gasteiger charge is -2.24. The molecule has 5 nitrogen and oxygen atoms in total. The lowest BCUT2D eigenvalue weighted by atomic mass is 9.90. The lowest BCUT2D eigenvalue weighted by Crippen LogP contribution is -2.48. The molecular formula is C20H28FN3O2. The fraction of sp³-hybridized carbons (Fsp3) is 0.600. The van der Waals surface area contributed by atoms with E-state index in [2.05, 4.69) is 24.1 Å². The summed E-state index contributed by atoms with van der Waals surface area (Å²) in [4.78, 5) is 28.5. The van der Waals surface area contributed by atoms with E-state index in [4.69, 9.17) is 0 Å². The molecule has 0 aliphatic carbocycles. The van der Waals surface area contributed by atoms with Crippen molar-refractivity contribution in [2.45, 2.75) is 45.2 Å². The van der Waals surface area contributed by atoms with Crippen molar-refractivity contribution < 1.29 is 14.0 Å². The van der Waals surface area contributed by atoms with Crippen molar-refractivity contribution in [1.82, 2.24) is 15.1 Å². The van der Waals surface area contributed by atoms with Gasteiger partial charge in [0.05, 0.1) is 12.1 Å². The first kappa shape index (κ1) is 18.8. The van der Waals surface area contributed by atoms with Crippen molar-refractivity contribution in [1.29, 1.82) is 0 Å². The fourth-order valence-corrected chi connectivity index (χ4v) is 4.40. The summed E-state index contributed by atoms with van der Waals surface area (Å²) < 4.78 is 14.3. The zero-order chi connectivity index (χ0) is 19.1. The molecule has 2 aliphatic heterocycles. The van der Waals surface area contributed by atoms with Crippen LogP contribution in [0.3, 0.4) is 0 Å². The highest BCUT2D eigenvalue weighted by Gasteiger charge is 2.42. The number of hydrogen-bond donors (Lipinski definition) is 1. The lowest BCUT2D eigenvalue weighted by molar-refractivity contribution is -0.129. The molecule has 3 rings (SSSR count). The van der Waals surface area contributed by atoms with Gasteiger partial charge in [0.15, 0.2) is 0 Å². The summed E-state index contributed by atoms with van der Waals surface area (Å²) in [7, 11) is 1.96. The number of benzene rings is 1. The SMILES string of the molecule is CC(=O)N1C[C@@H](NC(=O)C2CC(C)(C)CN2C)[C@H](c2ccccc2F)C1. The van der Waals surface area contributed by atoms with Crippen LogP contribution in [0.2, 0.25) is 0 Å². The maximum absolute atomic E-state index is 14.3. The second-order valence-corrected chi connectivity index (χ2v) is 8.47. The quantitative estimate of drug-likeness (QED) is 0.896. The Morgan fingerprint density at radius 1 is 1.23 bits per heavy atom. The number of carbonyl (C=O) groups is 2. The normalized spacial score (nSPS) is 28.3. The molecule has 0 bridgehead atoms. The Morgan fingerprint density at radius 3 is 2.50 bits per heavy atom. The number of likely N-dealkylation sites (tertiary alicyclic amines) is 2. The van der Waals surface area contributed by atoms with Crippen molar-refractivity contribution in [2.75, 3.05) is 26.7 Å². The Labute approximate surface area is 154 Å². The average molecular weight is 361 g/mol. The van der Waals surface area contributed by atoms with Crippen LogP contribution in [0.5, 0.6) is 0 Å². The van der Waals surface area contributed by atoms with E-state index in [1.165, 1.54) is 13.0 Å². The molecule has 2 saturated heterocycles. The molecule has 0 radical (unpaired) electrons. The molecule has 3 atom stereocenters. The highest BCUT2D eigenvalue weighted by molar-refractivity contribution is 5.83. The van der Waals surface area contributed by atoms with Crippen LogP contribution in [0.4, 0.5) is 4.39 Å². The van der Waals surface area contributed by atoms with E-state index in [-0.39, 0.29) is 41.0 Å². The zero-order valence-corrected chi connectivity index (χ0v) is 16.0. The van der Waals surface area contributed by atoms with E-state index in [9.17, 15) is 14.0 Å². The molecule has 0 saturated carbocycles. The molecular weight excluding hydrogens is 333 g/mol. The van der Waals surface area contributed by atoms with Crippen LogP contribution in [-0.4, -0.2) is 60.4 Å². The van der Waals surface area contributed by atoms with E-state index in [0.717, 1.165) is 13.0 Å². The van der Waals surface area contributed by atoms with E-state index in [1.54, 1.807) is 23.1 Å². The van der Waals surface area contributed by atoms with Gasteiger partial charge in [-0.15, -0.1) is 0 Å². The Balaban J connectivity index is 1.79. The molecule has 1 aromatic rings. The molecule has 1 aromatic carbocycles. The molecule has 1 unspecified atom stereocenters. The van der Waals surface area contributed by atoms with Gasteiger partial charge in [-0.2, -0.15) is 0 Å². The minimum absolute atomic E-state index is 0.0326. The smallest absolute Gasteiger partial charge is 0.237 e. The number of likely N-dealkylation sites (N-methyl/N-ethyl adjacent to an activating group) is 1. The molecule has 0 aromatic heterocycles. The maximum Gasteiger partial charge on any atom is 0.237 e. The van der Waals surface area contributed by atoms with Gasteiger partial charge in [0.25, 0.3) is 0 Å². The predicted octanol–water partition coefficient (Wildman–Crippen LogP) is 1.99. The number of carbonyl (C=O) groups excluding carboxylic acids is 2. The minimum Gasteiger partial charge on any atom is -0.350 e. The van der Waals surface area contributed by atoms with Crippen LogP contribution < -0.4 is 5.32 Å². The van der Waals surface area contributed by atoms with Gasteiger partial charge in [0, 0.05) is 32.5 Å². The van der Waals surface area contributed by atoms with Crippen LogP contribution in [-0.2, 0) is 9.59 Å². The first-order valence-electron chi connectivity index (χ1n) is 9.18. The molecule has 0 spiro atoms. The van der Waals surface area contributed by atoms with E-state index < -0.39 is 0 Å². The number of halogens is 1. The van der Waals surface area contributed by atoms with Crippen molar-refractivity contribution in [3.8, 4) is 0 Å². The summed E-state index contributed by atoms with van der Waals surface area (Å²) in [5.74, 6) is -0.609. The van der Waals surface area contributed by atoms with Gasteiger partial charge < -0.3 is 10.2 Å². The van der Waals surface area contributed by atoms with Crippen LogP contribution in [0.25, 0.3) is 0 Å². The average Bonchev–Trinajstić information content (AvgIpc) is 3.08. The van der Waals surface area contributed by atoms with Crippen molar-refractivity contribution >= 4 is 11.8 Å². The second kappa shape index (κ2) is 6.99. The molecule has 2 heterocycles. The van der Waals surface area contributed by atoms with Gasteiger partial charge in [0.2, 0.25) is 11.8 Å². The Kier molecular flexibility index (Phi) is 5.06. The van der Waals surface area contributed by atoms with Crippen LogP contribution in [0.1, 0.15) is 38.7 Å². The van der Waals surface area contributed by atoms with Gasteiger partial charge in [-0.1, -0.05) is 32.0 Å². The summed E-state index contributed by atoms with van der Waals surface area (Å²) in [6, 6.07) is 6.16. The Bertz CT molecular complexity index is 706. The monoisotopic (exact) mass is 361 g/mol. The molecule has 2 aliphatic rings. The number of nitrogens with zero attached hydrogens (tertiary/aromatic N) is 2. The standard InChI is InChI=1S/C20H28FN3O2/c1-13(25)24-10-15(14-7-5-6-8-16(14)21)17(11-24)22-19(26)18-9-20(2,3)12-23(18)4/h5-8,15,17-18H,9-12H2,1-4H3,(H,22,26)/t15-,17+,18?/m0/s1. The highest BCUT2D eigenvalue weighted by Crippen LogP contribution is 2.34. The summed E-state index contributed by atoms with van der Waals surface area (Å²) >= 11 is 0. The van der Waals surface area contributed by atoms with Crippen molar-refractivity contribution in [3.05, 3.63) is 35.6 Å². The van der Waals surface area contributed by atoms with Gasteiger partial charge in [-0.05, 0) is 30.5 Å². The maximum atomic E-state index is 14.3. The molecule has 2 amide bonds. The third-order valence-electron chi connectivity index (χ3n) is 5.66. The molecule has 2 fully saturated rings. The molecule has 1 N–H and O–H groups in total. The number of nitrogens with one attached hydrogen (secondary N) is 1. The van der Waals surface area contributed by atoms with E-state index in [1.807, 2.05) is 7.05 Å². The number of amides is 2. The van der Waals surface area contributed by atoms with E-state index in [0.29, 0.717) is 18.7 Å². The predicted molar refractivity (Wildman–Crippen MR) is 98.1 cm³/mol. The van der Waals surface area contributed by atoms with E-state index >= 15 is 0 Å². The van der Waals surface area contributed by atoms with Gasteiger partial charge in [0.1, 0.15) is 5.82 Å². The Hall–Kier alpha value is -1.95. The largest absolute Gasteiger partial charge is 0.350 e. The first-order chi connectivity index (χ1) is 12.2. The van der Waals surface area contributed by atoms with Crippen LogP contribution >= 0.6 is 0 Å². The van der Waals surface area contributed by atoms with Crippen LogP contribution in [0, 0.1) is 11.2 Å². The third-order valence-corrected chi connectivity index (χ3v) is 5.66. The second-order valence-electron chi connectivity index (χ2n) is 8.47. The minimum atomic E-state index is -0.290. The summed E-state index contributed by atoms with van der Waals surface area (Å²) in [5, 5.41) is 3.11. The highest BCUT2D eigenvalue weighted by atomic mass is 19.1. The molecule has 142 valence electrons. The Morgan fingerprint density at radius 2 is 1.92 bits per heavy atom. The summed E-state index contributed by atoms with van der Waals surface area (Å²) in [5.41, 5.74) is 0.657. The third kappa shape index (κ3) is 3.75. The van der Waals surface area contributed by atoms with Crippen LogP contribution in [0.15, 0.2) is 24.3 Å². The topological polar surface area (TPSA) is 52.7 Å². The number of rotatable bonds is 3. The number of hydrogen-bond acceptors (Lipinski definition) is 3. The first-order valence-corrected chi connectivity index (χ1v) is 9.18.